The van der Waals surface area contributed by atoms with Gasteiger partial charge >= 0.3 is 0 Å². The minimum Gasteiger partial charge on any atom is -0.386 e. The minimum absolute atomic E-state index is 0.124. The molecule has 100 valence electrons. The van der Waals surface area contributed by atoms with Crippen molar-refractivity contribution < 1.29 is 5.11 Å². The van der Waals surface area contributed by atoms with Gasteiger partial charge in [0.25, 0.3) is 0 Å². The molecule has 1 aromatic carbocycles. The number of fused-ring (bicyclic) bond motifs is 1. The lowest BCUT2D eigenvalue weighted by atomic mass is 9.79. The highest BCUT2D eigenvalue weighted by atomic mass is 79.9. The fourth-order valence-corrected chi connectivity index (χ4v) is 3.52. The number of hydrogen-bond donors (Lipinski definition) is 1. The van der Waals surface area contributed by atoms with E-state index in [0.29, 0.717) is 4.60 Å². The fraction of sp³-hybridized carbons (Fsp3) is 0.429. The molecule has 5 heteroatoms. The molecule has 1 aliphatic carbocycles. The Kier molecular flexibility index (Phi) is 3.41. The van der Waals surface area contributed by atoms with Crippen molar-refractivity contribution in [3.63, 3.8) is 0 Å². The van der Waals surface area contributed by atoms with E-state index in [2.05, 4.69) is 44.4 Å². The lowest BCUT2D eigenvalue weighted by Crippen LogP contribution is -2.19. The second-order valence-electron chi connectivity index (χ2n) is 5.03. The van der Waals surface area contributed by atoms with Crippen LogP contribution in [0.1, 0.15) is 41.7 Å². The summed E-state index contributed by atoms with van der Waals surface area (Å²) in [7, 11) is 1.81. The van der Waals surface area contributed by atoms with Crippen LogP contribution in [-0.4, -0.2) is 20.1 Å². The van der Waals surface area contributed by atoms with Crippen LogP contribution < -0.4 is 0 Å². The maximum atomic E-state index is 10.7. The number of hydrogen-bond acceptors (Lipinski definition) is 3. The molecule has 2 aromatic rings. The molecule has 2 atom stereocenters. The van der Waals surface area contributed by atoms with Gasteiger partial charge in [-0.25, -0.2) is 4.68 Å². The first-order chi connectivity index (χ1) is 9.18. The number of benzene rings is 1. The number of nitrogens with zero attached hydrogens (tertiary/aromatic N) is 3. The molecule has 1 N–H and O–H groups in total. The number of rotatable bonds is 2. The van der Waals surface area contributed by atoms with Crippen LogP contribution in [0.5, 0.6) is 0 Å². The minimum atomic E-state index is -0.573. The summed E-state index contributed by atoms with van der Waals surface area (Å²) in [5.41, 5.74) is 3.36. The predicted molar refractivity (Wildman–Crippen MR) is 75.8 cm³/mol. The van der Waals surface area contributed by atoms with Gasteiger partial charge in [-0.2, -0.15) is 0 Å². The zero-order valence-electron chi connectivity index (χ0n) is 10.8. The summed E-state index contributed by atoms with van der Waals surface area (Å²) in [5.74, 6) is 0.124. The van der Waals surface area contributed by atoms with Gasteiger partial charge in [-0.05, 0) is 46.3 Å². The Morgan fingerprint density at radius 1 is 1.42 bits per heavy atom. The average Bonchev–Trinajstić information content (AvgIpc) is 2.77. The normalized spacial score (nSPS) is 20.1. The number of aromatic nitrogens is 3. The summed E-state index contributed by atoms with van der Waals surface area (Å²) in [4.78, 5) is 0. The van der Waals surface area contributed by atoms with Gasteiger partial charge in [0.1, 0.15) is 11.8 Å². The van der Waals surface area contributed by atoms with E-state index in [4.69, 9.17) is 0 Å². The van der Waals surface area contributed by atoms with Gasteiger partial charge in [-0.1, -0.05) is 29.5 Å². The molecule has 0 saturated heterocycles. The Bertz CT molecular complexity index is 577. The third-order valence-electron chi connectivity index (χ3n) is 3.90. The van der Waals surface area contributed by atoms with Crippen molar-refractivity contribution >= 4 is 15.9 Å². The van der Waals surface area contributed by atoms with Crippen molar-refractivity contribution in [3.05, 3.63) is 45.7 Å². The summed E-state index contributed by atoms with van der Waals surface area (Å²) in [6, 6.07) is 8.39. The first-order valence-corrected chi connectivity index (χ1v) is 7.28. The summed E-state index contributed by atoms with van der Waals surface area (Å²) in [6.45, 7) is 0. The molecule has 4 nitrogen and oxygen atoms in total. The van der Waals surface area contributed by atoms with Gasteiger partial charge in [-0.15, -0.1) is 5.10 Å². The second kappa shape index (κ2) is 5.06. The highest BCUT2D eigenvalue weighted by Crippen LogP contribution is 2.41. The summed E-state index contributed by atoms with van der Waals surface area (Å²) in [6.07, 6.45) is 2.64. The van der Waals surface area contributed by atoms with Crippen LogP contribution in [0.4, 0.5) is 0 Å². The molecule has 0 amide bonds. The fourth-order valence-electron chi connectivity index (χ4n) is 2.96. The standard InChI is InChI=1S/C14H16BrN3O/c1-18-12(14(15)16-17-18)13(19)11-8-4-6-9-5-2-3-7-10(9)11/h2-3,5,7,11,13,19H,4,6,8H2,1H3. The van der Waals surface area contributed by atoms with E-state index in [9.17, 15) is 5.11 Å². The van der Waals surface area contributed by atoms with Gasteiger partial charge in [0.2, 0.25) is 0 Å². The highest BCUT2D eigenvalue weighted by molar-refractivity contribution is 9.10. The summed E-state index contributed by atoms with van der Waals surface area (Å²) < 4.78 is 2.27. The van der Waals surface area contributed by atoms with Crippen LogP contribution in [0.25, 0.3) is 0 Å². The quantitative estimate of drug-likeness (QED) is 0.925. The first kappa shape index (κ1) is 12.8. The SMILES string of the molecule is Cn1nnc(Br)c1C(O)C1CCCc2ccccc21. The average molecular weight is 322 g/mol. The van der Waals surface area contributed by atoms with Crippen LogP contribution in [0.2, 0.25) is 0 Å². The number of aliphatic hydroxyl groups is 1. The van der Waals surface area contributed by atoms with E-state index in [1.54, 1.807) is 4.68 Å². The van der Waals surface area contributed by atoms with Crippen LogP contribution in [-0.2, 0) is 13.5 Å². The summed E-state index contributed by atoms with van der Waals surface area (Å²) in [5, 5.41) is 18.6. The Labute approximate surface area is 120 Å². The molecule has 1 heterocycles. The van der Waals surface area contributed by atoms with Crippen molar-refractivity contribution in [1.29, 1.82) is 0 Å². The molecule has 0 saturated carbocycles. The molecule has 19 heavy (non-hydrogen) atoms. The van der Waals surface area contributed by atoms with E-state index >= 15 is 0 Å². The Morgan fingerprint density at radius 3 is 2.95 bits per heavy atom. The van der Waals surface area contributed by atoms with Gasteiger partial charge in [-0.3, -0.25) is 0 Å². The molecule has 3 rings (SSSR count). The van der Waals surface area contributed by atoms with E-state index in [0.717, 1.165) is 25.0 Å². The molecular formula is C14H16BrN3O. The van der Waals surface area contributed by atoms with Crippen molar-refractivity contribution in [3.8, 4) is 0 Å². The summed E-state index contributed by atoms with van der Waals surface area (Å²) >= 11 is 3.37. The van der Waals surface area contributed by atoms with E-state index in [1.807, 2.05) is 13.1 Å². The maximum Gasteiger partial charge on any atom is 0.154 e. The number of halogens is 1. The molecule has 1 aliphatic rings. The topological polar surface area (TPSA) is 50.9 Å². The van der Waals surface area contributed by atoms with Crippen molar-refractivity contribution in [2.75, 3.05) is 0 Å². The zero-order chi connectivity index (χ0) is 13.4. The van der Waals surface area contributed by atoms with Gasteiger partial charge in [0, 0.05) is 13.0 Å². The van der Waals surface area contributed by atoms with E-state index in [-0.39, 0.29) is 5.92 Å². The van der Waals surface area contributed by atoms with Gasteiger partial charge in [0.05, 0.1) is 0 Å². The molecule has 1 aromatic heterocycles. The Balaban J connectivity index is 2.00. The molecular weight excluding hydrogens is 306 g/mol. The lowest BCUT2D eigenvalue weighted by molar-refractivity contribution is 0.126. The van der Waals surface area contributed by atoms with Crippen molar-refractivity contribution in [2.24, 2.45) is 7.05 Å². The first-order valence-electron chi connectivity index (χ1n) is 6.49. The van der Waals surface area contributed by atoms with Crippen LogP contribution >= 0.6 is 15.9 Å². The molecule has 0 radical (unpaired) electrons. The third-order valence-corrected chi connectivity index (χ3v) is 4.47. The van der Waals surface area contributed by atoms with Gasteiger partial charge < -0.3 is 5.11 Å². The van der Waals surface area contributed by atoms with Crippen LogP contribution in [0.15, 0.2) is 28.9 Å². The molecule has 0 fully saturated rings. The van der Waals surface area contributed by atoms with Crippen LogP contribution in [0.3, 0.4) is 0 Å². The maximum absolute atomic E-state index is 10.7. The highest BCUT2D eigenvalue weighted by Gasteiger charge is 2.31. The third kappa shape index (κ3) is 2.21. The Hall–Kier alpha value is -1.20. The zero-order valence-corrected chi connectivity index (χ0v) is 12.3. The predicted octanol–water partition coefficient (Wildman–Crippen LogP) is 2.73. The second-order valence-corrected chi connectivity index (χ2v) is 5.78. The molecule has 0 bridgehead atoms. The molecule has 0 spiro atoms. The van der Waals surface area contributed by atoms with Crippen LogP contribution in [0, 0.1) is 0 Å². The smallest absolute Gasteiger partial charge is 0.154 e. The largest absolute Gasteiger partial charge is 0.386 e. The van der Waals surface area contributed by atoms with Crippen molar-refractivity contribution in [2.45, 2.75) is 31.3 Å². The van der Waals surface area contributed by atoms with E-state index in [1.165, 1.54) is 11.1 Å². The number of aryl methyl sites for hydroxylation is 2. The molecule has 2 unspecified atom stereocenters. The van der Waals surface area contributed by atoms with Crippen molar-refractivity contribution in [1.82, 2.24) is 15.0 Å². The lowest BCUT2D eigenvalue weighted by Gasteiger charge is -2.29. The molecule has 0 aliphatic heterocycles. The van der Waals surface area contributed by atoms with Gasteiger partial charge in [0.15, 0.2) is 4.60 Å². The Morgan fingerprint density at radius 2 is 2.21 bits per heavy atom. The monoisotopic (exact) mass is 321 g/mol. The van der Waals surface area contributed by atoms with E-state index < -0.39 is 6.10 Å². The number of aliphatic hydroxyl groups excluding tert-OH is 1.